The van der Waals surface area contributed by atoms with Crippen LogP contribution in [0.2, 0.25) is 0 Å². The second-order valence-corrected chi connectivity index (χ2v) is 9.45. The SMILES string of the molecule is CCOC(=O)C(C)(C)Oc1ccc(C(=O)CCc2cc(-c3ccc(C(F)(F)F)cc3)ccc2C)cc1C. The molecule has 3 aromatic rings. The number of hydrogen-bond acceptors (Lipinski definition) is 4. The van der Waals surface area contributed by atoms with Crippen LogP contribution >= 0.6 is 0 Å². The number of aryl methyl sites for hydroxylation is 3. The van der Waals surface area contributed by atoms with E-state index in [2.05, 4.69) is 0 Å². The largest absolute Gasteiger partial charge is 0.476 e. The van der Waals surface area contributed by atoms with E-state index in [1.165, 1.54) is 12.1 Å². The summed E-state index contributed by atoms with van der Waals surface area (Å²) in [6, 6.07) is 15.9. The Balaban J connectivity index is 1.70. The third kappa shape index (κ3) is 7.00. The number of ketones is 1. The predicted molar refractivity (Wildman–Crippen MR) is 137 cm³/mol. The van der Waals surface area contributed by atoms with Crippen molar-refractivity contribution >= 4 is 11.8 Å². The highest BCUT2D eigenvalue weighted by Crippen LogP contribution is 2.32. The minimum atomic E-state index is -4.38. The lowest BCUT2D eigenvalue weighted by Gasteiger charge is -2.25. The van der Waals surface area contributed by atoms with Gasteiger partial charge >= 0.3 is 12.1 Å². The first-order valence-corrected chi connectivity index (χ1v) is 12.1. The Morgan fingerprint density at radius 2 is 1.49 bits per heavy atom. The van der Waals surface area contributed by atoms with Gasteiger partial charge in [0.1, 0.15) is 5.75 Å². The Bertz CT molecular complexity index is 1270. The molecule has 0 N–H and O–H groups in total. The van der Waals surface area contributed by atoms with Crippen LogP contribution in [-0.2, 0) is 22.1 Å². The first-order chi connectivity index (χ1) is 17.3. The third-order valence-corrected chi connectivity index (χ3v) is 6.15. The maximum Gasteiger partial charge on any atom is 0.416 e. The van der Waals surface area contributed by atoms with Gasteiger partial charge in [0, 0.05) is 12.0 Å². The second-order valence-electron chi connectivity index (χ2n) is 9.45. The lowest BCUT2D eigenvalue weighted by atomic mass is 9.94. The summed E-state index contributed by atoms with van der Waals surface area (Å²) in [6.45, 7) is 9.00. The fourth-order valence-corrected chi connectivity index (χ4v) is 3.92. The summed E-state index contributed by atoms with van der Waals surface area (Å²) in [6.07, 6.45) is -3.62. The first-order valence-electron chi connectivity index (χ1n) is 12.1. The first kappa shape index (κ1) is 28.0. The molecule has 0 saturated heterocycles. The second kappa shape index (κ2) is 11.2. The highest BCUT2D eigenvalue weighted by molar-refractivity contribution is 5.96. The molecule has 0 heterocycles. The average Bonchev–Trinajstić information content (AvgIpc) is 2.84. The minimum Gasteiger partial charge on any atom is -0.476 e. The Kier molecular flexibility index (Phi) is 8.46. The molecule has 0 spiro atoms. The molecular weight excluding hydrogens is 481 g/mol. The van der Waals surface area contributed by atoms with Crippen molar-refractivity contribution < 1.29 is 32.2 Å². The van der Waals surface area contributed by atoms with E-state index in [1.807, 2.05) is 32.0 Å². The molecule has 0 aliphatic carbocycles. The summed E-state index contributed by atoms with van der Waals surface area (Å²) in [7, 11) is 0. The van der Waals surface area contributed by atoms with E-state index in [-0.39, 0.29) is 18.8 Å². The number of benzene rings is 3. The van der Waals surface area contributed by atoms with Gasteiger partial charge in [0.25, 0.3) is 0 Å². The van der Waals surface area contributed by atoms with Crippen LogP contribution in [0, 0.1) is 13.8 Å². The monoisotopic (exact) mass is 512 g/mol. The van der Waals surface area contributed by atoms with Gasteiger partial charge in [-0.3, -0.25) is 4.79 Å². The van der Waals surface area contributed by atoms with Gasteiger partial charge in [-0.2, -0.15) is 13.2 Å². The summed E-state index contributed by atoms with van der Waals surface area (Å²) < 4.78 is 49.5. The van der Waals surface area contributed by atoms with E-state index in [4.69, 9.17) is 9.47 Å². The number of rotatable bonds is 9. The van der Waals surface area contributed by atoms with Gasteiger partial charge in [0.2, 0.25) is 0 Å². The van der Waals surface area contributed by atoms with Crippen molar-refractivity contribution in [3.63, 3.8) is 0 Å². The van der Waals surface area contributed by atoms with Gasteiger partial charge in [-0.25, -0.2) is 4.79 Å². The van der Waals surface area contributed by atoms with Crippen LogP contribution in [0.4, 0.5) is 13.2 Å². The van der Waals surface area contributed by atoms with Gasteiger partial charge in [0.05, 0.1) is 12.2 Å². The quantitative estimate of drug-likeness (QED) is 0.220. The topological polar surface area (TPSA) is 52.6 Å². The molecule has 0 aliphatic rings. The van der Waals surface area contributed by atoms with Crippen LogP contribution in [-0.4, -0.2) is 24.0 Å². The van der Waals surface area contributed by atoms with Crippen LogP contribution in [0.3, 0.4) is 0 Å². The number of Topliss-reactive ketones (excluding diaryl/α,β-unsaturated/α-hetero) is 1. The zero-order valence-electron chi connectivity index (χ0n) is 21.7. The fraction of sp³-hybridized carbons (Fsp3) is 0.333. The minimum absolute atomic E-state index is 0.0429. The molecular formula is C30H31F3O4. The molecule has 0 aliphatic heterocycles. The van der Waals surface area contributed by atoms with Crippen molar-refractivity contribution in [1.29, 1.82) is 0 Å². The summed E-state index contributed by atoms with van der Waals surface area (Å²) in [4.78, 5) is 25.1. The van der Waals surface area contributed by atoms with Crippen LogP contribution in [0.25, 0.3) is 11.1 Å². The molecule has 196 valence electrons. The van der Waals surface area contributed by atoms with Crippen LogP contribution in [0.1, 0.15) is 59.8 Å². The van der Waals surface area contributed by atoms with Gasteiger partial charge < -0.3 is 9.47 Å². The Labute approximate surface area is 215 Å². The lowest BCUT2D eigenvalue weighted by Crippen LogP contribution is -2.39. The normalized spacial score (nSPS) is 11.8. The molecule has 7 heteroatoms. The van der Waals surface area contributed by atoms with Crippen LogP contribution in [0.15, 0.2) is 60.7 Å². The van der Waals surface area contributed by atoms with Crippen molar-refractivity contribution in [3.8, 4) is 16.9 Å². The van der Waals surface area contributed by atoms with E-state index in [9.17, 15) is 22.8 Å². The zero-order chi connectivity index (χ0) is 27.4. The highest BCUT2D eigenvalue weighted by Gasteiger charge is 2.32. The molecule has 0 unspecified atom stereocenters. The number of hydrogen-bond donors (Lipinski definition) is 0. The molecule has 3 rings (SSSR count). The van der Waals surface area contributed by atoms with Gasteiger partial charge in [0.15, 0.2) is 11.4 Å². The number of esters is 1. The molecule has 0 saturated carbocycles. The van der Waals surface area contributed by atoms with Crippen LogP contribution in [0.5, 0.6) is 5.75 Å². The van der Waals surface area contributed by atoms with Crippen molar-refractivity contribution in [2.75, 3.05) is 6.61 Å². The highest BCUT2D eigenvalue weighted by atomic mass is 19.4. The molecule has 0 bridgehead atoms. The average molecular weight is 513 g/mol. The molecule has 0 fully saturated rings. The van der Waals surface area contributed by atoms with E-state index in [0.717, 1.165) is 34.4 Å². The summed E-state index contributed by atoms with van der Waals surface area (Å²) in [5.41, 5.74) is 2.84. The molecule has 3 aromatic carbocycles. The van der Waals surface area contributed by atoms with Crippen LogP contribution < -0.4 is 4.74 Å². The molecule has 0 radical (unpaired) electrons. The van der Waals surface area contributed by atoms with Crippen molar-refractivity contribution in [2.24, 2.45) is 0 Å². The molecule has 37 heavy (non-hydrogen) atoms. The van der Waals surface area contributed by atoms with Gasteiger partial charge in [-0.05, 0) is 99.2 Å². The molecule has 0 atom stereocenters. The van der Waals surface area contributed by atoms with Crippen molar-refractivity contribution in [2.45, 2.75) is 59.2 Å². The molecule has 0 amide bonds. The number of ether oxygens (including phenoxy) is 2. The lowest BCUT2D eigenvalue weighted by molar-refractivity contribution is -0.158. The van der Waals surface area contributed by atoms with E-state index >= 15 is 0 Å². The standard InChI is InChI=1S/C30H31F3O4/c1-6-36-28(35)29(4,5)37-27-16-12-24(17-20(27)3)26(34)15-11-22-18-23(8-7-19(22)2)21-9-13-25(14-10-21)30(31,32)33/h7-10,12-14,16-18H,6,11,15H2,1-5H3. The number of carbonyl (C=O) groups is 2. The fourth-order valence-electron chi connectivity index (χ4n) is 3.92. The van der Waals surface area contributed by atoms with E-state index in [0.29, 0.717) is 23.3 Å². The third-order valence-electron chi connectivity index (χ3n) is 6.15. The summed E-state index contributed by atoms with van der Waals surface area (Å²) >= 11 is 0. The number of alkyl halides is 3. The Morgan fingerprint density at radius 1 is 0.838 bits per heavy atom. The maximum absolute atomic E-state index is 12.9. The molecule has 4 nitrogen and oxygen atoms in total. The number of carbonyl (C=O) groups excluding carboxylic acids is 2. The van der Waals surface area contributed by atoms with Crippen molar-refractivity contribution in [3.05, 3.63) is 88.5 Å². The smallest absolute Gasteiger partial charge is 0.416 e. The summed E-state index contributed by atoms with van der Waals surface area (Å²) in [5, 5.41) is 0. The maximum atomic E-state index is 12.9. The number of halogens is 3. The van der Waals surface area contributed by atoms with Crippen molar-refractivity contribution in [1.82, 2.24) is 0 Å². The summed E-state index contributed by atoms with van der Waals surface area (Å²) in [5.74, 6) is -0.0169. The zero-order valence-corrected chi connectivity index (χ0v) is 21.7. The van der Waals surface area contributed by atoms with E-state index < -0.39 is 23.3 Å². The van der Waals surface area contributed by atoms with E-state index in [1.54, 1.807) is 39.0 Å². The van der Waals surface area contributed by atoms with Gasteiger partial charge in [-0.1, -0.05) is 30.3 Å². The molecule has 0 aromatic heterocycles. The van der Waals surface area contributed by atoms with Gasteiger partial charge in [-0.15, -0.1) is 0 Å². The predicted octanol–water partition coefficient (Wildman–Crippen LogP) is 7.53. The Hall–Kier alpha value is -3.61. The Morgan fingerprint density at radius 3 is 2.08 bits per heavy atom.